The van der Waals surface area contributed by atoms with Crippen LogP contribution in [0.4, 0.5) is 5.69 Å². The van der Waals surface area contributed by atoms with Crippen LogP contribution in [0.5, 0.6) is 0 Å². The summed E-state index contributed by atoms with van der Waals surface area (Å²) >= 11 is 0. The van der Waals surface area contributed by atoms with Crippen LogP contribution in [0.25, 0.3) is 0 Å². The number of anilines is 1. The average Bonchev–Trinajstić information content (AvgIpc) is 3.13. The van der Waals surface area contributed by atoms with Crippen molar-refractivity contribution in [3.8, 4) is 0 Å². The van der Waals surface area contributed by atoms with Crippen molar-refractivity contribution in [3.05, 3.63) is 29.8 Å². The largest absolute Gasteiger partial charge is 0.326 e. The van der Waals surface area contributed by atoms with Gasteiger partial charge in [-0.3, -0.25) is 4.79 Å². The minimum absolute atomic E-state index is 0. The molecule has 0 radical (unpaired) electrons. The van der Waals surface area contributed by atoms with Gasteiger partial charge in [0.05, 0.1) is 0 Å². The van der Waals surface area contributed by atoms with E-state index in [2.05, 4.69) is 30.5 Å². The fourth-order valence-electron chi connectivity index (χ4n) is 3.53. The van der Waals surface area contributed by atoms with Gasteiger partial charge in [0.25, 0.3) is 0 Å². The van der Waals surface area contributed by atoms with Gasteiger partial charge in [0.2, 0.25) is 5.91 Å². The number of amides is 1. The molecule has 2 N–H and O–H groups in total. The number of carbonyl (C=O) groups excluding carboxylic acids is 1. The molecule has 1 aliphatic heterocycles. The van der Waals surface area contributed by atoms with E-state index in [9.17, 15) is 4.79 Å². The Labute approximate surface area is 133 Å². The van der Waals surface area contributed by atoms with Gasteiger partial charge in [-0.05, 0) is 55.3 Å². The van der Waals surface area contributed by atoms with Gasteiger partial charge in [0.1, 0.15) is 0 Å². The van der Waals surface area contributed by atoms with Gasteiger partial charge in [-0.1, -0.05) is 32.0 Å². The summed E-state index contributed by atoms with van der Waals surface area (Å²) in [5.74, 6) is 0.878. The Morgan fingerprint density at radius 3 is 2.62 bits per heavy atom. The van der Waals surface area contributed by atoms with E-state index < -0.39 is 0 Å². The Morgan fingerprint density at radius 1 is 1.29 bits per heavy atom. The van der Waals surface area contributed by atoms with Gasteiger partial charge in [-0.15, -0.1) is 12.4 Å². The second kappa shape index (κ2) is 6.37. The number of hydrogen-bond donors (Lipinski definition) is 2. The molecule has 0 bridgehead atoms. The SMILES string of the molecule is CC(C)c1ccccc1NC(=O)C1CC12CCNCC2.Cl. The number of hydrogen-bond acceptors (Lipinski definition) is 2. The molecule has 1 aliphatic carbocycles. The van der Waals surface area contributed by atoms with E-state index in [1.165, 1.54) is 5.56 Å². The van der Waals surface area contributed by atoms with Crippen LogP contribution in [-0.4, -0.2) is 19.0 Å². The lowest BCUT2D eigenvalue weighted by atomic mass is 9.91. The van der Waals surface area contributed by atoms with Crippen molar-refractivity contribution in [3.63, 3.8) is 0 Å². The lowest BCUT2D eigenvalue weighted by Crippen LogP contribution is -2.31. The number of nitrogens with one attached hydrogen (secondary N) is 2. The van der Waals surface area contributed by atoms with Crippen LogP contribution in [0.3, 0.4) is 0 Å². The Morgan fingerprint density at radius 2 is 1.95 bits per heavy atom. The molecule has 1 heterocycles. The third kappa shape index (κ3) is 3.24. The highest BCUT2D eigenvalue weighted by Gasteiger charge is 2.57. The molecule has 1 saturated heterocycles. The van der Waals surface area contributed by atoms with Gasteiger partial charge < -0.3 is 10.6 Å². The Kier molecular flexibility index (Phi) is 4.95. The molecule has 3 nitrogen and oxygen atoms in total. The molecule has 1 saturated carbocycles. The fourth-order valence-corrected chi connectivity index (χ4v) is 3.53. The predicted molar refractivity (Wildman–Crippen MR) is 89.1 cm³/mol. The van der Waals surface area contributed by atoms with E-state index in [1.54, 1.807) is 0 Å². The molecule has 0 aromatic heterocycles. The summed E-state index contributed by atoms with van der Waals surface area (Å²) < 4.78 is 0. The molecule has 116 valence electrons. The normalized spacial score (nSPS) is 22.7. The topological polar surface area (TPSA) is 41.1 Å². The summed E-state index contributed by atoms with van der Waals surface area (Å²) in [5, 5.41) is 6.55. The molecule has 4 heteroatoms. The summed E-state index contributed by atoms with van der Waals surface area (Å²) in [6.45, 7) is 6.45. The highest BCUT2D eigenvalue weighted by atomic mass is 35.5. The zero-order valence-electron chi connectivity index (χ0n) is 12.8. The highest BCUT2D eigenvalue weighted by Crippen LogP contribution is 2.58. The second-order valence-corrected chi connectivity index (χ2v) is 6.60. The van der Waals surface area contributed by atoms with E-state index >= 15 is 0 Å². The summed E-state index contributed by atoms with van der Waals surface area (Å²) in [6.07, 6.45) is 3.37. The predicted octanol–water partition coefficient (Wildman–Crippen LogP) is 3.56. The molecule has 1 amide bonds. The van der Waals surface area contributed by atoms with E-state index in [1.807, 2.05) is 18.2 Å². The molecule has 1 aromatic rings. The van der Waals surface area contributed by atoms with Crippen LogP contribution in [0.1, 0.15) is 44.6 Å². The highest BCUT2D eigenvalue weighted by molar-refractivity contribution is 5.95. The van der Waals surface area contributed by atoms with Gasteiger partial charge in [-0.2, -0.15) is 0 Å². The van der Waals surface area contributed by atoms with Crippen molar-refractivity contribution in [2.45, 2.75) is 39.0 Å². The molecule has 2 aliphatic rings. The van der Waals surface area contributed by atoms with Crippen molar-refractivity contribution < 1.29 is 4.79 Å². The molecule has 3 rings (SSSR count). The maximum Gasteiger partial charge on any atom is 0.228 e. The van der Waals surface area contributed by atoms with Crippen LogP contribution in [0, 0.1) is 11.3 Å². The van der Waals surface area contributed by atoms with E-state index in [4.69, 9.17) is 0 Å². The number of carbonyl (C=O) groups is 1. The van der Waals surface area contributed by atoms with Crippen LogP contribution < -0.4 is 10.6 Å². The van der Waals surface area contributed by atoms with E-state index in [0.717, 1.165) is 38.0 Å². The monoisotopic (exact) mass is 308 g/mol. The summed E-state index contributed by atoms with van der Waals surface area (Å²) in [7, 11) is 0. The van der Waals surface area contributed by atoms with Gasteiger partial charge in [0.15, 0.2) is 0 Å². The Hall–Kier alpha value is -1.06. The summed E-state index contributed by atoms with van der Waals surface area (Å²) in [4.78, 5) is 12.5. The molecule has 1 spiro atoms. The van der Waals surface area contributed by atoms with Gasteiger partial charge in [0, 0.05) is 11.6 Å². The fraction of sp³-hybridized carbons (Fsp3) is 0.588. The Bertz CT molecular complexity index is 509. The van der Waals surface area contributed by atoms with E-state index in [0.29, 0.717) is 11.3 Å². The van der Waals surface area contributed by atoms with Crippen molar-refractivity contribution in [2.24, 2.45) is 11.3 Å². The molecule has 1 unspecified atom stereocenters. The first-order valence-corrected chi connectivity index (χ1v) is 7.73. The number of rotatable bonds is 3. The third-order valence-electron chi connectivity index (χ3n) is 4.95. The first kappa shape index (κ1) is 16.3. The standard InChI is InChI=1S/C17H24N2O.ClH/c1-12(2)13-5-3-4-6-15(13)19-16(20)14-11-17(14)7-9-18-10-8-17;/h3-6,12,14,18H,7-11H2,1-2H3,(H,19,20);1H. The van der Waals surface area contributed by atoms with Crippen LogP contribution in [-0.2, 0) is 4.79 Å². The number of halogens is 1. The first-order chi connectivity index (χ1) is 9.62. The van der Waals surface area contributed by atoms with Gasteiger partial charge in [-0.25, -0.2) is 0 Å². The van der Waals surface area contributed by atoms with Crippen LogP contribution in [0.2, 0.25) is 0 Å². The maximum absolute atomic E-state index is 12.5. The molecule has 2 fully saturated rings. The quantitative estimate of drug-likeness (QED) is 0.896. The molecule has 1 atom stereocenters. The lowest BCUT2D eigenvalue weighted by Gasteiger charge is -2.23. The number of piperidine rings is 1. The lowest BCUT2D eigenvalue weighted by molar-refractivity contribution is -0.118. The van der Waals surface area contributed by atoms with Crippen LogP contribution >= 0.6 is 12.4 Å². The summed E-state index contributed by atoms with van der Waals surface area (Å²) in [6, 6.07) is 8.16. The maximum atomic E-state index is 12.5. The molecule has 21 heavy (non-hydrogen) atoms. The van der Waals surface area contributed by atoms with Crippen LogP contribution in [0.15, 0.2) is 24.3 Å². The smallest absolute Gasteiger partial charge is 0.228 e. The zero-order valence-corrected chi connectivity index (χ0v) is 13.6. The van der Waals surface area contributed by atoms with E-state index in [-0.39, 0.29) is 24.2 Å². The van der Waals surface area contributed by atoms with Crippen molar-refractivity contribution in [1.29, 1.82) is 0 Å². The zero-order chi connectivity index (χ0) is 14.2. The average molecular weight is 309 g/mol. The third-order valence-corrected chi connectivity index (χ3v) is 4.95. The van der Waals surface area contributed by atoms with Crippen molar-refractivity contribution in [1.82, 2.24) is 5.32 Å². The second-order valence-electron chi connectivity index (χ2n) is 6.60. The number of para-hydroxylation sites is 1. The minimum Gasteiger partial charge on any atom is -0.326 e. The Balaban J connectivity index is 0.00000161. The van der Waals surface area contributed by atoms with Gasteiger partial charge >= 0.3 is 0 Å². The van der Waals surface area contributed by atoms with Crippen molar-refractivity contribution in [2.75, 3.05) is 18.4 Å². The molecular weight excluding hydrogens is 284 g/mol. The molecule has 1 aromatic carbocycles. The van der Waals surface area contributed by atoms with Crippen molar-refractivity contribution >= 4 is 24.0 Å². The minimum atomic E-state index is 0. The molecular formula is C17H25ClN2O. The first-order valence-electron chi connectivity index (χ1n) is 7.73. The number of benzene rings is 1. The summed E-state index contributed by atoms with van der Waals surface area (Å²) in [5.41, 5.74) is 2.52.